The molecule has 0 amide bonds. The van der Waals surface area contributed by atoms with Crippen LogP contribution in [0.15, 0.2) is 33.5 Å². The first kappa shape index (κ1) is 22.7. The van der Waals surface area contributed by atoms with Gasteiger partial charge in [0.05, 0.1) is 12.2 Å². The molecule has 11 nitrogen and oxygen atoms in total. The number of hydrogen-bond donors (Lipinski definition) is 8. The molecule has 0 spiro atoms. The Morgan fingerprint density at radius 2 is 1.48 bits per heavy atom. The van der Waals surface area contributed by atoms with E-state index in [1.54, 1.807) is 0 Å². The molecule has 1 aliphatic rings. The first-order valence-corrected chi connectivity index (χ1v) is 9.96. The van der Waals surface area contributed by atoms with Crippen molar-refractivity contribution in [3.05, 3.63) is 40.1 Å². The molecule has 4 rings (SSSR count). The quantitative estimate of drug-likeness (QED) is 0.250. The van der Waals surface area contributed by atoms with Crippen molar-refractivity contribution >= 4 is 11.0 Å². The number of aromatic hydroxyl groups is 5. The third kappa shape index (κ3) is 3.80. The molecule has 5 atom stereocenters. The Labute approximate surface area is 185 Å². The first-order chi connectivity index (χ1) is 15.5. The summed E-state index contributed by atoms with van der Waals surface area (Å²) in [5.74, 6) is -3.40. The summed E-state index contributed by atoms with van der Waals surface area (Å²) >= 11 is 0. The van der Waals surface area contributed by atoms with E-state index < -0.39 is 64.7 Å². The average Bonchev–Trinajstić information content (AvgIpc) is 2.74. The van der Waals surface area contributed by atoms with Crippen molar-refractivity contribution in [3.63, 3.8) is 0 Å². The number of aliphatic hydroxyl groups is 3. The highest BCUT2D eigenvalue weighted by Gasteiger charge is 2.42. The van der Waals surface area contributed by atoms with E-state index in [0.29, 0.717) is 0 Å². The molecular weight excluding hydrogens is 440 g/mol. The molecule has 33 heavy (non-hydrogen) atoms. The minimum atomic E-state index is -1.57. The van der Waals surface area contributed by atoms with Gasteiger partial charge in [0.1, 0.15) is 46.5 Å². The van der Waals surface area contributed by atoms with Crippen molar-refractivity contribution in [2.75, 3.05) is 0 Å². The molecule has 3 aromatic rings. The lowest BCUT2D eigenvalue weighted by molar-refractivity contribution is -0.216. The van der Waals surface area contributed by atoms with Gasteiger partial charge in [0.15, 0.2) is 22.7 Å². The Kier molecular flexibility index (Phi) is 5.58. The number of benzene rings is 2. The highest BCUT2D eigenvalue weighted by Crippen LogP contribution is 2.41. The van der Waals surface area contributed by atoms with Gasteiger partial charge < -0.3 is 50.0 Å². The summed E-state index contributed by atoms with van der Waals surface area (Å²) in [5, 5.41) is 79.7. The van der Waals surface area contributed by atoms with Gasteiger partial charge in [-0.2, -0.15) is 0 Å². The highest BCUT2D eigenvalue weighted by atomic mass is 16.5. The van der Waals surface area contributed by atoms with Crippen molar-refractivity contribution in [1.82, 2.24) is 0 Å². The molecule has 0 saturated carbocycles. The van der Waals surface area contributed by atoms with Crippen LogP contribution in [0.5, 0.6) is 28.7 Å². The zero-order valence-electron chi connectivity index (χ0n) is 17.2. The number of hydrogen-bond acceptors (Lipinski definition) is 11. The summed E-state index contributed by atoms with van der Waals surface area (Å²) in [6, 6.07) is 4.06. The van der Waals surface area contributed by atoms with Crippen LogP contribution >= 0.6 is 0 Å². The average molecular weight is 462 g/mol. The Balaban J connectivity index is 1.95. The number of fused-ring (bicyclic) bond motifs is 1. The lowest BCUT2D eigenvalue weighted by Gasteiger charge is -2.39. The maximum atomic E-state index is 13.4. The highest BCUT2D eigenvalue weighted by molar-refractivity contribution is 5.87. The Hall–Kier alpha value is -3.51. The van der Waals surface area contributed by atoms with Gasteiger partial charge in [0.25, 0.3) is 0 Å². The summed E-state index contributed by atoms with van der Waals surface area (Å²) in [7, 11) is 0. The van der Waals surface area contributed by atoms with E-state index in [0.717, 1.165) is 24.3 Å². The van der Waals surface area contributed by atoms with E-state index >= 15 is 0 Å². The molecule has 176 valence electrons. The summed E-state index contributed by atoms with van der Waals surface area (Å²) in [5.41, 5.74) is -1.18. The number of rotatable bonds is 3. The monoisotopic (exact) mass is 462 g/mol. The van der Waals surface area contributed by atoms with E-state index in [2.05, 4.69) is 0 Å². The van der Waals surface area contributed by atoms with Crippen LogP contribution < -0.4 is 5.43 Å². The fraction of sp³-hybridized carbons (Fsp3) is 0.318. The molecule has 1 fully saturated rings. The van der Waals surface area contributed by atoms with Gasteiger partial charge in [0.2, 0.25) is 0 Å². The second-order valence-electron chi connectivity index (χ2n) is 8.00. The maximum absolute atomic E-state index is 13.4. The van der Waals surface area contributed by atoms with Crippen LogP contribution in [0.3, 0.4) is 0 Å². The fourth-order valence-corrected chi connectivity index (χ4v) is 3.98. The van der Waals surface area contributed by atoms with Gasteiger partial charge >= 0.3 is 0 Å². The van der Waals surface area contributed by atoms with E-state index in [4.69, 9.17) is 9.15 Å². The van der Waals surface area contributed by atoms with Crippen molar-refractivity contribution < 1.29 is 50.0 Å². The fourth-order valence-electron chi connectivity index (χ4n) is 3.98. The molecule has 1 saturated heterocycles. The van der Waals surface area contributed by atoms with Gasteiger partial charge in [-0.1, -0.05) is 0 Å². The molecule has 1 aliphatic heterocycles. The van der Waals surface area contributed by atoms with Crippen molar-refractivity contribution in [3.8, 4) is 40.1 Å². The molecule has 0 radical (unpaired) electrons. The zero-order valence-corrected chi connectivity index (χ0v) is 17.2. The summed E-state index contributed by atoms with van der Waals surface area (Å²) in [4.78, 5) is 13.4. The lowest BCUT2D eigenvalue weighted by Crippen LogP contribution is -2.57. The minimum absolute atomic E-state index is 0.0430. The van der Waals surface area contributed by atoms with E-state index in [1.807, 2.05) is 0 Å². The topological polar surface area (TPSA) is 201 Å². The van der Waals surface area contributed by atoms with Crippen LogP contribution in [-0.4, -0.2) is 71.4 Å². The van der Waals surface area contributed by atoms with Crippen molar-refractivity contribution in [1.29, 1.82) is 0 Å². The van der Waals surface area contributed by atoms with Crippen LogP contribution in [0.4, 0.5) is 0 Å². The van der Waals surface area contributed by atoms with Crippen molar-refractivity contribution in [2.45, 2.75) is 43.9 Å². The third-order valence-electron chi connectivity index (χ3n) is 5.74. The predicted molar refractivity (Wildman–Crippen MR) is 112 cm³/mol. The summed E-state index contributed by atoms with van der Waals surface area (Å²) in [6.07, 6.45) is -6.89. The van der Waals surface area contributed by atoms with Gasteiger partial charge in [0, 0.05) is 29.7 Å². The van der Waals surface area contributed by atoms with Crippen LogP contribution in [0.2, 0.25) is 0 Å². The van der Waals surface area contributed by atoms with E-state index in [1.165, 1.54) is 6.92 Å². The van der Waals surface area contributed by atoms with Crippen LogP contribution in [0.25, 0.3) is 22.3 Å². The number of phenols is 5. The van der Waals surface area contributed by atoms with Crippen LogP contribution in [-0.2, 0) is 11.2 Å². The second-order valence-corrected chi connectivity index (χ2v) is 8.00. The predicted octanol–water partition coefficient (Wildman–Crippen LogP) is 0.400. The van der Waals surface area contributed by atoms with E-state index in [-0.39, 0.29) is 34.3 Å². The molecule has 0 unspecified atom stereocenters. The Morgan fingerprint density at radius 3 is 2.12 bits per heavy atom. The largest absolute Gasteiger partial charge is 0.508 e. The SMILES string of the molecule is C[C@H]1O[C@@H](Cc2c(-c3cc(O)c(O)c(O)c3)oc3cc(O)cc(O)c3c2=O)[C@@H](O)[C@@H](O)[C@@H]1O. The Morgan fingerprint density at radius 1 is 0.848 bits per heavy atom. The van der Waals surface area contributed by atoms with Crippen molar-refractivity contribution in [2.24, 2.45) is 0 Å². The molecule has 8 N–H and O–H groups in total. The summed E-state index contributed by atoms with van der Waals surface area (Å²) in [6.45, 7) is 1.47. The normalized spacial score (nSPS) is 25.4. The number of aliphatic hydroxyl groups excluding tert-OH is 3. The molecular formula is C22H22O11. The zero-order chi connectivity index (χ0) is 24.2. The van der Waals surface area contributed by atoms with Gasteiger partial charge in [-0.15, -0.1) is 0 Å². The molecule has 0 aliphatic carbocycles. The van der Waals surface area contributed by atoms with E-state index in [9.17, 15) is 45.6 Å². The summed E-state index contributed by atoms with van der Waals surface area (Å²) < 4.78 is 11.3. The smallest absolute Gasteiger partial charge is 0.200 e. The minimum Gasteiger partial charge on any atom is -0.508 e. The molecule has 2 heterocycles. The molecule has 1 aromatic heterocycles. The van der Waals surface area contributed by atoms with Crippen LogP contribution in [0.1, 0.15) is 12.5 Å². The molecule has 2 aromatic carbocycles. The standard InChI is InChI=1S/C22H22O11/c1-7-17(27)21(31)20(30)15(32-7)6-10-18(28)16-11(24)4-9(23)5-14(16)33-22(10)8-2-12(25)19(29)13(26)3-8/h2-5,7,15,17,20-21,23-27,29-31H,6H2,1H3/t7-,15+,17-,20-,21+/m1/s1. The van der Waals surface area contributed by atoms with Gasteiger partial charge in [-0.05, 0) is 19.1 Å². The number of ether oxygens (including phenoxy) is 1. The molecule has 11 heteroatoms. The van der Waals surface area contributed by atoms with Gasteiger partial charge in [-0.25, -0.2) is 0 Å². The van der Waals surface area contributed by atoms with Crippen LogP contribution in [0, 0.1) is 0 Å². The number of phenolic OH excluding ortho intramolecular Hbond substituents is 5. The third-order valence-corrected chi connectivity index (χ3v) is 5.74. The lowest BCUT2D eigenvalue weighted by atomic mass is 9.90. The Bertz CT molecular complexity index is 1260. The second kappa shape index (κ2) is 8.12. The maximum Gasteiger partial charge on any atom is 0.200 e. The van der Waals surface area contributed by atoms with Gasteiger partial charge in [-0.3, -0.25) is 4.79 Å². The molecule has 0 bridgehead atoms. The first-order valence-electron chi connectivity index (χ1n) is 9.96.